The fourth-order valence-electron chi connectivity index (χ4n) is 2.12. The van der Waals surface area contributed by atoms with Crippen molar-refractivity contribution in [3.05, 3.63) is 17.0 Å². The Labute approximate surface area is 119 Å². The van der Waals surface area contributed by atoms with Crippen molar-refractivity contribution in [1.82, 2.24) is 15.3 Å². The van der Waals surface area contributed by atoms with Crippen LogP contribution in [0.5, 0.6) is 0 Å². The van der Waals surface area contributed by atoms with Crippen LogP contribution in [0.3, 0.4) is 0 Å². The molecule has 2 fully saturated rings. The van der Waals surface area contributed by atoms with Crippen LogP contribution in [-0.4, -0.2) is 47.7 Å². The molecule has 1 aromatic heterocycles. The van der Waals surface area contributed by atoms with Crippen molar-refractivity contribution >= 4 is 27.7 Å². The topological polar surface area (TPSA) is 67.3 Å². The number of nitrogens with one attached hydrogen (secondary N) is 1. The van der Waals surface area contributed by atoms with Crippen LogP contribution in [0.25, 0.3) is 0 Å². The van der Waals surface area contributed by atoms with Crippen LogP contribution in [0, 0.1) is 0 Å². The van der Waals surface area contributed by atoms with Crippen LogP contribution in [0.4, 0.5) is 5.82 Å². The van der Waals surface area contributed by atoms with E-state index in [4.69, 9.17) is 4.74 Å². The molecule has 1 amide bonds. The van der Waals surface area contributed by atoms with Crippen molar-refractivity contribution in [3.63, 3.8) is 0 Å². The van der Waals surface area contributed by atoms with Crippen molar-refractivity contribution in [2.24, 2.45) is 0 Å². The molecule has 6 nitrogen and oxygen atoms in total. The van der Waals surface area contributed by atoms with Crippen LogP contribution in [0.1, 0.15) is 12.8 Å². The van der Waals surface area contributed by atoms with Gasteiger partial charge in [-0.25, -0.2) is 9.97 Å². The standard InChI is InChI=1S/C12H15BrN4O2/c13-9-5-14-7-15-11(9)17-3-4-19-6-10(17)12(18)16-8-1-2-8/h5,7-8,10H,1-4,6H2,(H,16,18). The number of nitrogens with zero attached hydrogens (tertiary/aromatic N) is 3. The van der Waals surface area contributed by atoms with E-state index in [1.54, 1.807) is 6.20 Å². The zero-order valence-corrected chi connectivity index (χ0v) is 12.0. The van der Waals surface area contributed by atoms with Gasteiger partial charge in [-0.1, -0.05) is 0 Å². The summed E-state index contributed by atoms with van der Waals surface area (Å²) in [6.45, 7) is 1.65. The molecule has 102 valence electrons. The van der Waals surface area contributed by atoms with Gasteiger partial charge in [0.1, 0.15) is 18.2 Å². The Balaban J connectivity index is 1.80. The van der Waals surface area contributed by atoms with Gasteiger partial charge in [0.15, 0.2) is 0 Å². The predicted octanol–water partition coefficient (Wildman–Crippen LogP) is 0.723. The first-order valence-corrected chi connectivity index (χ1v) is 7.15. The minimum Gasteiger partial charge on any atom is -0.377 e. The lowest BCUT2D eigenvalue weighted by molar-refractivity contribution is -0.124. The summed E-state index contributed by atoms with van der Waals surface area (Å²) in [4.78, 5) is 22.4. The summed E-state index contributed by atoms with van der Waals surface area (Å²) in [5.41, 5.74) is 0. The first-order chi connectivity index (χ1) is 9.25. The second kappa shape index (κ2) is 5.42. The first-order valence-electron chi connectivity index (χ1n) is 6.36. The molecule has 1 N–H and O–H groups in total. The smallest absolute Gasteiger partial charge is 0.245 e. The van der Waals surface area contributed by atoms with Crippen LogP contribution < -0.4 is 10.2 Å². The summed E-state index contributed by atoms with van der Waals surface area (Å²) in [5, 5.41) is 3.02. The number of hydrogen-bond acceptors (Lipinski definition) is 5. The quantitative estimate of drug-likeness (QED) is 0.886. The maximum atomic E-state index is 12.3. The Morgan fingerprint density at radius 3 is 3.11 bits per heavy atom. The molecule has 0 aromatic carbocycles. The number of carbonyl (C=O) groups excluding carboxylic acids is 1. The Kier molecular flexibility index (Phi) is 3.65. The van der Waals surface area contributed by atoms with Crippen LogP contribution >= 0.6 is 15.9 Å². The van der Waals surface area contributed by atoms with Crippen molar-refractivity contribution in [1.29, 1.82) is 0 Å². The number of halogens is 1. The van der Waals surface area contributed by atoms with Gasteiger partial charge in [0, 0.05) is 18.8 Å². The molecule has 0 bridgehead atoms. The highest BCUT2D eigenvalue weighted by Crippen LogP contribution is 2.26. The highest BCUT2D eigenvalue weighted by Gasteiger charge is 2.34. The fourth-order valence-corrected chi connectivity index (χ4v) is 2.57. The highest BCUT2D eigenvalue weighted by atomic mass is 79.9. The van der Waals surface area contributed by atoms with Gasteiger partial charge >= 0.3 is 0 Å². The molecule has 1 atom stereocenters. The van der Waals surface area contributed by atoms with E-state index in [1.165, 1.54) is 6.33 Å². The van der Waals surface area contributed by atoms with Crippen molar-refractivity contribution < 1.29 is 9.53 Å². The minimum atomic E-state index is -0.319. The average molecular weight is 327 g/mol. The Hall–Kier alpha value is -1.21. The fraction of sp³-hybridized carbons (Fsp3) is 0.583. The largest absolute Gasteiger partial charge is 0.377 e. The van der Waals surface area contributed by atoms with Gasteiger partial charge in [0.2, 0.25) is 5.91 Å². The lowest BCUT2D eigenvalue weighted by Gasteiger charge is -2.35. The average Bonchev–Trinajstić information content (AvgIpc) is 3.23. The zero-order valence-electron chi connectivity index (χ0n) is 10.4. The Bertz CT molecular complexity index is 481. The van der Waals surface area contributed by atoms with Gasteiger partial charge in [-0.2, -0.15) is 0 Å². The predicted molar refractivity (Wildman–Crippen MR) is 72.8 cm³/mol. The van der Waals surface area contributed by atoms with Crippen molar-refractivity contribution in [2.75, 3.05) is 24.7 Å². The molecule has 2 heterocycles. The number of carbonyl (C=O) groups is 1. The minimum absolute atomic E-state index is 0.0210. The second-order valence-electron chi connectivity index (χ2n) is 4.76. The van der Waals surface area contributed by atoms with E-state index in [1.807, 2.05) is 4.90 Å². The van der Waals surface area contributed by atoms with Crippen molar-refractivity contribution in [3.8, 4) is 0 Å². The zero-order chi connectivity index (χ0) is 13.2. The third-order valence-electron chi connectivity index (χ3n) is 3.28. The molecule has 7 heteroatoms. The van der Waals surface area contributed by atoms with Crippen molar-refractivity contribution in [2.45, 2.75) is 24.9 Å². The third kappa shape index (κ3) is 2.87. The Morgan fingerprint density at radius 1 is 1.53 bits per heavy atom. The van der Waals surface area contributed by atoms with E-state index in [0.717, 1.165) is 23.1 Å². The number of rotatable bonds is 3. The molecule has 1 saturated heterocycles. The number of aromatic nitrogens is 2. The molecule has 0 spiro atoms. The number of amides is 1. The molecule has 1 aromatic rings. The van der Waals surface area contributed by atoms with Gasteiger partial charge in [-0.3, -0.25) is 4.79 Å². The van der Waals surface area contributed by atoms with Gasteiger partial charge in [0.25, 0.3) is 0 Å². The molecule has 1 unspecified atom stereocenters. The van der Waals surface area contributed by atoms with Gasteiger partial charge < -0.3 is 15.0 Å². The number of ether oxygens (including phenoxy) is 1. The molecule has 2 aliphatic rings. The maximum Gasteiger partial charge on any atom is 0.245 e. The summed E-state index contributed by atoms with van der Waals surface area (Å²) in [6, 6.07) is 0.0330. The first kappa shape index (κ1) is 12.8. The summed E-state index contributed by atoms with van der Waals surface area (Å²) >= 11 is 3.43. The molecule has 1 aliphatic carbocycles. The number of hydrogen-bond donors (Lipinski definition) is 1. The summed E-state index contributed by atoms with van der Waals surface area (Å²) in [7, 11) is 0. The van der Waals surface area contributed by atoms with Gasteiger partial charge in [-0.05, 0) is 28.8 Å². The summed E-state index contributed by atoms with van der Waals surface area (Å²) < 4.78 is 6.23. The number of anilines is 1. The number of morpholine rings is 1. The van der Waals surface area contributed by atoms with Gasteiger partial charge in [0.05, 0.1) is 17.7 Å². The monoisotopic (exact) mass is 326 g/mol. The molecule has 19 heavy (non-hydrogen) atoms. The summed E-state index contributed by atoms with van der Waals surface area (Å²) in [5.74, 6) is 0.766. The Morgan fingerprint density at radius 2 is 2.37 bits per heavy atom. The SMILES string of the molecule is O=C(NC1CC1)C1COCCN1c1ncncc1Br. The van der Waals surface area contributed by atoms with E-state index >= 15 is 0 Å². The van der Waals surface area contributed by atoms with E-state index < -0.39 is 0 Å². The van der Waals surface area contributed by atoms with Crippen LogP contribution in [0.2, 0.25) is 0 Å². The summed E-state index contributed by atoms with van der Waals surface area (Å²) in [6.07, 6.45) is 5.34. The van der Waals surface area contributed by atoms with E-state index in [0.29, 0.717) is 25.8 Å². The molecular formula is C12H15BrN4O2. The third-order valence-corrected chi connectivity index (χ3v) is 3.83. The van der Waals surface area contributed by atoms with E-state index in [-0.39, 0.29) is 11.9 Å². The van der Waals surface area contributed by atoms with E-state index in [2.05, 4.69) is 31.2 Å². The van der Waals surface area contributed by atoms with E-state index in [9.17, 15) is 4.79 Å². The molecule has 1 aliphatic heterocycles. The van der Waals surface area contributed by atoms with Crippen LogP contribution in [0.15, 0.2) is 17.0 Å². The van der Waals surface area contributed by atoms with Gasteiger partial charge in [-0.15, -0.1) is 0 Å². The second-order valence-corrected chi connectivity index (χ2v) is 5.62. The molecule has 3 rings (SSSR count). The van der Waals surface area contributed by atoms with Crippen LogP contribution in [-0.2, 0) is 9.53 Å². The molecular weight excluding hydrogens is 312 g/mol. The lowest BCUT2D eigenvalue weighted by atomic mass is 10.2. The molecule has 0 radical (unpaired) electrons. The maximum absolute atomic E-state index is 12.3. The molecule has 1 saturated carbocycles. The highest BCUT2D eigenvalue weighted by molar-refractivity contribution is 9.10. The lowest BCUT2D eigenvalue weighted by Crippen LogP contribution is -2.54. The normalized spacial score (nSPS) is 23.2.